The van der Waals surface area contributed by atoms with Gasteiger partial charge in [-0.05, 0) is 43.5 Å². The number of benzene rings is 2. The third kappa shape index (κ3) is 3.58. The summed E-state index contributed by atoms with van der Waals surface area (Å²) in [5.74, 6) is -0.107. The lowest BCUT2D eigenvalue weighted by molar-refractivity contribution is -0.111. The second kappa shape index (κ2) is 6.20. The normalized spacial score (nSPS) is 10.8. The van der Waals surface area contributed by atoms with Gasteiger partial charge in [0.05, 0.1) is 0 Å². The van der Waals surface area contributed by atoms with Gasteiger partial charge in [-0.25, -0.2) is 0 Å². The summed E-state index contributed by atoms with van der Waals surface area (Å²) < 4.78 is 0. The molecule has 2 aromatic carbocycles. The van der Waals surface area contributed by atoms with Crippen molar-refractivity contribution in [2.45, 2.75) is 20.8 Å². The number of carbonyl (C=O) groups is 1. The van der Waals surface area contributed by atoms with E-state index in [1.54, 1.807) is 6.08 Å². The Bertz CT molecular complexity index is 636. The Balaban J connectivity index is 2.10. The summed E-state index contributed by atoms with van der Waals surface area (Å²) in [6.07, 6.45) is 3.40. The highest BCUT2D eigenvalue weighted by molar-refractivity contribution is 6.02. The molecular formula is C18H19NO. The van der Waals surface area contributed by atoms with Crippen molar-refractivity contribution in [2.24, 2.45) is 0 Å². The van der Waals surface area contributed by atoms with Crippen molar-refractivity contribution in [3.8, 4) is 0 Å². The van der Waals surface area contributed by atoms with Crippen LogP contribution in [0.5, 0.6) is 0 Å². The van der Waals surface area contributed by atoms with Crippen LogP contribution in [0.3, 0.4) is 0 Å². The van der Waals surface area contributed by atoms with Crippen LogP contribution in [0, 0.1) is 20.8 Å². The Kier molecular flexibility index (Phi) is 4.36. The van der Waals surface area contributed by atoms with E-state index < -0.39 is 0 Å². The Labute approximate surface area is 120 Å². The third-order valence-electron chi connectivity index (χ3n) is 3.20. The molecule has 1 amide bonds. The number of rotatable bonds is 3. The smallest absolute Gasteiger partial charge is 0.248 e. The van der Waals surface area contributed by atoms with Crippen molar-refractivity contribution in [1.82, 2.24) is 0 Å². The Morgan fingerprint density at radius 3 is 2.30 bits per heavy atom. The summed E-state index contributed by atoms with van der Waals surface area (Å²) in [6.45, 7) is 6.02. The molecule has 0 aromatic heterocycles. The molecule has 0 fully saturated rings. The predicted molar refractivity (Wildman–Crippen MR) is 84.8 cm³/mol. The average molecular weight is 265 g/mol. The van der Waals surface area contributed by atoms with E-state index in [2.05, 4.69) is 5.32 Å². The molecule has 0 unspecified atom stereocenters. The van der Waals surface area contributed by atoms with Gasteiger partial charge in [-0.2, -0.15) is 0 Å². The molecule has 20 heavy (non-hydrogen) atoms. The van der Waals surface area contributed by atoms with Gasteiger partial charge in [0, 0.05) is 11.8 Å². The van der Waals surface area contributed by atoms with Crippen molar-refractivity contribution >= 4 is 17.7 Å². The molecule has 0 heterocycles. The summed E-state index contributed by atoms with van der Waals surface area (Å²) in [6, 6.07) is 14.0. The van der Waals surface area contributed by atoms with Crippen molar-refractivity contribution in [3.05, 3.63) is 70.8 Å². The molecule has 0 bridgehead atoms. The molecule has 0 aliphatic rings. The Morgan fingerprint density at radius 2 is 1.65 bits per heavy atom. The van der Waals surface area contributed by atoms with Crippen molar-refractivity contribution in [1.29, 1.82) is 0 Å². The van der Waals surface area contributed by atoms with Crippen molar-refractivity contribution in [3.63, 3.8) is 0 Å². The molecule has 0 spiro atoms. The van der Waals surface area contributed by atoms with Crippen LogP contribution in [0.25, 0.3) is 6.08 Å². The highest BCUT2D eigenvalue weighted by atomic mass is 16.1. The largest absolute Gasteiger partial charge is 0.322 e. The van der Waals surface area contributed by atoms with E-state index in [9.17, 15) is 4.79 Å². The van der Waals surface area contributed by atoms with Gasteiger partial charge in [0.25, 0.3) is 0 Å². The zero-order valence-corrected chi connectivity index (χ0v) is 12.1. The van der Waals surface area contributed by atoms with Gasteiger partial charge in [0.1, 0.15) is 0 Å². The summed E-state index contributed by atoms with van der Waals surface area (Å²) in [7, 11) is 0. The van der Waals surface area contributed by atoms with Gasteiger partial charge in [0.15, 0.2) is 0 Å². The lowest BCUT2D eigenvalue weighted by Gasteiger charge is -2.09. The van der Waals surface area contributed by atoms with E-state index in [4.69, 9.17) is 0 Å². The first-order valence-electron chi connectivity index (χ1n) is 6.68. The van der Waals surface area contributed by atoms with Gasteiger partial charge in [-0.3, -0.25) is 4.79 Å². The molecular weight excluding hydrogens is 246 g/mol. The summed E-state index contributed by atoms with van der Waals surface area (Å²) in [5.41, 5.74) is 5.25. The molecule has 2 nitrogen and oxygen atoms in total. The van der Waals surface area contributed by atoms with Crippen LogP contribution < -0.4 is 5.32 Å². The van der Waals surface area contributed by atoms with E-state index in [1.807, 2.05) is 69.3 Å². The molecule has 0 saturated heterocycles. The van der Waals surface area contributed by atoms with Gasteiger partial charge >= 0.3 is 0 Å². The molecule has 0 saturated carbocycles. The SMILES string of the molecule is Cc1cccc(/C=C/C(=O)Nc2c(C)cccc2C)c1. The van der Waals surface area contributed by atoms with Crippen LogP contribution in [-0.4, -0.2) is 5.91 Å². The molecule has 0 atom stereocenters. The van der Waals surface area contributed by atoms with Crippen LogP contribution >= 0.6 is 0 Å². The molecule has 0 radical (unpaired) electrons. The monoisotopic (exact) mass is 265 g/mol. The molecule has 2 aromatic rings. The minimum absolute atomic E-state index is 0.107. The number of carbonyl (C=O) groups excluding carboxylic acids is 1. The molecule has 102 valence electrons. The van der Waals surface area contributed by atoms with Gasteiger partial charge < -0.3 is 5.32 Å². The van der Waals surface area contributed by atoms with Crippen LogP contribution in [0.1, 0.15) is 22.3 Å². The lowest BCUT2D eigenvalue weighted by atomic mass is 10.1. The zero-order valence-electron chi connectivity index (χ0n) is 12.1. The van der Waals surface area contributed by atoms with Gasteiger partial charge in [-0.15, -0.1) is 0 Å². The summed E-state index contributed by atoms with van der Waals surface area (Å²) in [4.78, 5) is 12.0. The quantitative estimate of drug-likeness (QED) is 0.825. The fourth-order valence-corrected chi connectivity index (χ4v) is 2.12. The third-order valence-corrected chi connectivity index (χ3v) is 3.20. The van der Waals surface area contributed by atoms with E-state index in [1.165, 1.54) is 5.56 Å². The van der Waals surface area contributed by atoms with E-state index in [0.717, 1.165) is 22.4 Å². The molecule has 1 N–H and O–H groups in total. The molecule has 2 heteroatoms. The fourth-order valence-electron chi connectivity index (χ4n) is 2.12. The fraction of sp³-hybridized carbons (Fsp3) is 0.167. The Hall–Kier alpha value is -2.35. The van der Waals surface area contributed by atoms with Crippen LogP contribution in [-0.2, 0) is 4.79 Å². The van der Waals surface area contributed by atoms with Crippen LogP contribution in [0.4, 0.5) is 5.69 Å². The molecule has 2 rings (SSSR count). The van der Waals surface area contributed by atoms with E-state index in [0.29, 0.717) is 0 Å². The second-order valence-corrected chi connectivity index (χ2v) is 5.00. The maximum absolute atomic E-state index is 12.0. The molecule has 0 aliphatic carbocycles. The number of hydrogen-bond donors (Lipinski definition) is 1. The number of para-hydroxylation sites is 1. The van der Waals surface area contributed by atoms with Crippen molar-refractivity contribution in [2.75, 3.05) is 5.32 Å². The van der Waals surface area contributed by atoms with Gasteiger partial charge in [-0.1, -0.05) is 48.0 Å². The zero-order chi connectivity index (χ0) is 14.5. The maximum Gasteiger partial charge on any atom is 0.248 e. The second-order valence-electron chi connectivity index (χ2n) is 5.00. The first-order valence-corrected chi connectivity index (χ1v) is 6.68. The number of anilines is 1. The predicted octanol–water partition coefficient (Wildman–Crippen LogP) is 4.26. The van der Waals surface area contributed by atoms with Crippen LogP contribution in [0.15, 0.2) is 48.5 Å². The lowest BCUT2D eigenvalue weighted by Crippen LogP contribution is -2.10. The standard InChI is InChI=1S/C18H19NO/c1-13-6-4-9-16(12-13)10-11-17(20)19-18-14(2)7-5-8-15(18)3/h4-12H,1-3H3,(H,19,20)/b11-10+. The van der Waals surface area contributed by atoms with Crippen LogP contribution in [0.2, 0.25) is 0 Å². The highest BCUT2D eigenvalue weighted by Crippen LogP contribution is 2.19. The topological polar surface area (TPSA) is 29.1 Å². The van der Waals surface area contributed by atoms with E-state index >= 15 is 0 Å². The maximum atomic E-state index is 12.0. The number of aryl methyl sites for hydroxylation is 3. The first-order chi connectivity index (χ1) is 9.56. The molecule has 0 aliphatic heterocycles. The first kappa shape index (κ1) is 14.1. The minimum Gasteiger partial charge on any atom is -0.322 e. The average Bonchev–Trinajstić information content (AvgIpc) is 2.41. The number of amides is 1. The summed E-state index contributed by atoms with van der Waals surface area (Å²) >= 11 is 0. The summed E-state index contributed by atoms with van der Waals surface area (Å²) in [5, 5.41) is 2.94. The highest BCUT2D eigenvalue weighted by Gasteiger charge is 2.04. The van der Waals surface area contributed by atoms with Crippen molar-refractivity contribution < 1.29 is 4.79 Å². The number of nitrogens with one attached hydrogen (secondary N) is 1. The number of hydrogen-bond acceptors (Lipinski definition) is 1. The minimum atomic E-state index is -0.107. The van der Waals surface area contributed by atoms with Gasteiger partial charge in [0.2, 0.25) is 5.91 Å². The Morgan fingerprint density at radius 1 is 1.00 bits per heavy atom. The van der Waals surface area contributed by atoms with E-state index in [-0.39, 0.29) is 5.91 Å².